The number of para-hydroxylation sites is 1. The summed E-state index contributed by atoms with van der Waals surface area (Å²) >= 11 is 0. The van der Waals surface area contributed by atoms with E-state index >= 15 is 0 Å². The van der Waals surface area contributed by atoms with Gasteiger partial charge in [0, 0.05) is 24.9 Å². The van der Waals surface area contributed by atoms with Crippen LogP contribution in [-0.2, 0) is 30.7 Å². The molecule has 0 fully saturated rings. The van der Waals surface area contributed by atoms with Crippen LogP contribution >= 0.6 is 0 Å². The van der Waals surface area contributed by atoms with Crippen LogP contribution in [0.5, 0.6) is 0 Å². The number of nitrogens with two attached hydrogens (primary N) is 1. The number of fused-ring (bicyclic) bond motifs is 3. The molecular formula is C26H31N5O2. The first-order valence-corrected chi connectivity index (χ1v) is 11.6. The molecule has 0 bridgehead atoms. The fraction of sp³-hybridized carbons (Fsp3) is 0.346. The van der Waals surface area contributed by atoms with Crippen molar-refractivity contribution in [3.05, 3.63) is 65.5 Å². The van der Waals surface area contributed by atoms with Crippen molar-refractivity contribution in [3.8, 4) is 0 Å². The molecule has 2 aromatic heterocycles. The number of benzene rings is 2. The van der Waals surface area contributed by atoms with Gasteiger partial charge in [-0.05, 0) is 36.6 Å². The minimum atomic E-state index is -0.810. The van der Waals surface area contributed by atoms with Crippen molar-refractivity contribution < 1.29 is 9.90 Å². The number of carbonyl (C=O) groups is 1. The molecule has 0 saturated carbocycles. The van der Waals surface area contributed by atoms with Crippen LogP contribution in [0.2, 0.25) is 0 Å². The van der Waals surface area contributed by atoms with E-state index in [0.717, 1.165) is 77.7 Å². The van der Waals surface area contributed by atoms with Crippen molar-refractivity contribution in [2.24, 2.45) is 0 Å². The van der Waals surface area contributed by atoms with Gasteiger partial charge in [-0.3, -0.25) is 4.79 Å². The molecule has 172 valence electrons. The van der Waals surface area contributed by atoms with Crippen LogP contribution in [0.15, 0.2) is 48.5 Å². The molecule has 0 aliphatic rings. The Morgan fingerprint density at radius 3 is 2.73 bits per heavy atom. The summed E-state index contributed by atoms with van der Waals surface area (Å²) in [6.07, 6.45) is 4.10. The number of hydrogen-bond acceptors (Lipinski definition) is 5. The number of imidazole rings is 1. The monoisotopic (exact) mass is 445 g/mol. The Bertz CT molecular complexity index is 1260. The van der Waals surface area contributed by atoms with E-state index in [1.807, 2.05) is 42.5 Å². The Labute approximate surface area is 193 Å². The van der Waals surface area contributed by atoms with Gasteiger partial charge < -0.3 is 20.7 Å². The first kappa shape index (κ1) is 22.7. The number of pyridine rings is 1. The van der Waals surface area contributed by atoms with E-state index in [9.17, 15) is 4.79 Å². The molecule has 7 heteroatoms. The molecular weight excluding hydrogens is 414 g/mol. The average Bonchev–Trinajstić information content (AvgIpc) is 3.16. The number of aryl methyl sites for hydroxylation is 2. The molecule has 0 saturated heterocycles. The normalized spacial score (nSPS) is 11.4. The van der Waals surface area contributed by atoms with Gasteiger partial charge >= 0.3 is 5.97 Å². The number of hydrogen-bond donors (Lipinski definition) is 3. The molecule has 4 N–H and O–H groups in total. The topological polar surface area (TPSA) is 106 Å². The Balaban J connectivity index is 1.48. The van der Waals surface area contributed by atoms with E-state index in [1.165, 1.54) is 0 Å². The lowest BCUT2D eigenvalue weighted by Gasteiger charge is -2.12. The number of rotatable bonds is 11. The maximum atomic E-state index is 10.9. The molecule has 7 nitrogen and oxygen atoms in total. The highest BCUT2D eigenvalue weighted by molar-refractivity contribution is 6.06. The molecule has 4 rings (SSSR count). The molecule has 0 aliphatic heterocycles. The van der Waals surface area contributed by atoms with Crippen molar-refractivity contribution in [2.75, 3.05) is 12.3 Å². The highest BCUT2D eigenvalue weighted by Crippen LogP contribution is 2.29. The van der Waals surface area contributed by atoms with E-state index < -0.39 is 5.97 Å². The Kier molecular flexibility index (Phi) is 7.19. The van der Waals surface area contributed by atoms with Crippen molar-refractivity contribution in [1.82, 2.24) is 19.9 Å². The molecule has 33 heavy (non-hydrogen) atoms. The van der Waals surface area contributed by atoms with Crippen LogP contribution in [0.1, 0.15) is 43.1 Å². The quantitative estimate of drug-likeness (QED) is 0.297. The lowest BCUT2D eigenvalue weighted by molar-refractivity contribution is -0.136. The molecule has 0 atom stereocenters. The van der Waals surface area contributed by atoms with E-state index in [0.29, 0.717) is 12.4 Å². The molecule has 0 amide bonds. The maximum absolute atomic E-state index is 10.9. The van der Waals surface area contributed by atoms with Crippen LogP contribution in [0.25, 0.3) is 21.9 Å². The van der Waals surface area contributed by atoms with Gasteiger partial charge in [0.05, 0.1) is 17.5 Å². The van der Waals surface area contributed by atoms with Crippen molar-refractivity contribution in [3.63, 3.8) is 0 Å². The number of nitrogens with one attached hydrogen (secondary N) is 1. The van der Waals surface area contributed by atoms with Crippen molar-refractivity contribution in [2.45, 2.75) is 52.1 Å². The van der Waals surface area contributed by atoms with Gasteiger partial charge in [0.15, 0.2) is 5.82 Å². The second-order valence-electron chi connectivity index (χ2n) is 8.42. The molecule has 4 aromatic rings. The van der Waals surface area contributed by atoms with Crippen molar-refractivity contribution in [1.29, 1.82) is 0 Å². The van der Waals surface area contributed by atoms with Crippen LogP contribution in [0.3, 0.4) is 0 Å². The standard InChI is InChI=1S/C26H31N5O2/c1-2-3-12-22-30-24-25(20-10-4-5-11-21(20)29-26(24)27)31(22)14-7-13-28-17-19-9-6-8-18(15-19)16-23(32)33/h4-6,8-11,15,28H,2-3,7,12-14,16-17H2,1H3,(H2,27,29)(H,32,33). The van der Waals surface area contributed by atoms with Crippen LogP contribution in [-0.4, -0.2) is 32.2 Å². The van der Waals surface area contributed by atoms with Crippen LogP contribution < -0.4 is 11.1 Å². The van der Waals surface area contributed by atoms with E-state index in [4.69, 9.17) is 15.8 Å². The number of nitrogens with zero attached hydrogens (tertiary/aromatic N) is 3. The summed E-state index contributed by atoms with van der Waals surface area (Å²) in [7, 11) is 0. The third-order valence-electron chi connectivity index (χ3n) is 5.85. The number of unbranched alkanes of at least 4 members (excludes halogenated alkanes) is 1. The SMILES string of the molecule is CCCCc1nc2c(N)nc3ccccc3c2n1CCCNCc1cccc(CC(=O)O)c1. The maximum Gasteiger partial charge on any atom is 0.307 e. The Morgan fingerprint density at radius 2 is 1.91 bits per heavy atom. The molecule has 0 radical (unpaired) electrons. The van der Waals surface area contributed by atoms with E-state index in [2.05, 4.69) is 27.9 Å². The lowest BCUT2D eigenvalue weighted by atomic mass is 10.1. The zero-order valence-corrected chi connectivity index (χ0v) is 19.1. The first-order chi connectivity index (χ1) is 16.1. The highest BCUT2D eigenvalue weighted by atomic mass is 16.4. The fourth-order valence-corrected chi connectivity index (χ4v) is 4.29. The van der Waals surface area contributed by atoms with Crippen LogP contribution in [0, 0.1) is 0 Å². The summed E-state index contributed by atoms with van der Waals surface area (Å²) in [6, 6.07) is 15.8. The smallest absolute Gasteiger partial charge is 0.307 e. The summed E-state index contributed by atoms with van der Waals surface area (Å²) in [5.41, 5.74) is 11.0. The number of anilines is 1. The second kappa shape index (κ2) is 10.4. The molecule has 2 heterocycles. The van der Waals surface area contributed by atoms with Gasteiger partial charge in [-0.25, -0.2) is 9.97 Å². The zero-order chi connectivity index (χ0) is 23.2. The zero-order valence-electron chi connectivity index (χ0n) is 19.1. The van der Waals surface area contributed by atoms with E-state index in [-0.39, 0.29) is 6.42 Å². The minimum absolute atomic E-state index is 0.0496. The summed E-state index contributed by atoms with van der Waals surface area (Å²) in [5.74, 6) is 0.743. The minimum Gasteiger partial charge on any atom is -0.481 e. The molecule has 2 aromatic carbocycles. The lowest BCUT2D eigenvalue weighted by Crippen LogP contribution is -2.17. The summed E-state index contributed by atoms with van der Waals surface area (Å²) in [6.45, 7) is 4.58. The number of aliphatic carboxylic acids is 1. The fourth-order valence-electron chi connectivity index (χ4n) is 4.29. The van der Waals surface area contributed by atoms with Gasteiger partial charge in [-0.1, -0.05) is 55.8 Å². The third-order valence-corrected chi connectivity index (χ3v) is 5.85. The van der Waals surface area contributed by atoms with Crippen LogP contribution in [0.4, 0.5) is 5.82 Å². The third kappa shape index (κ3) is 5.31. The molecule has 0 aliphatic carbocycles. The number of carboxylic acids is 1. The molecule has 0 spiro atoms. The van der Waals surface area contributed by atoms with Gasteiger partial charge in [-0.2, -0.15) is 0 Å². The largest absolute Gasteiger partial charge is 0.481 e. The average molecular weight is 446 g/mol. The Morgan fingerprint density at radius 1 is 1.09 bits per heavy atom. The number of aromatic nitrogens is 3. The Hall–Kier alpha value is -3.45. The first-order valence-electron chi connectivity index (χ1n) is 11.6. The van der Waals surface area contributed by atoms with Gasteiger partial charge in [0.1, 0.15) is 11.3 Å². The predicted molar refractivity (Wildman–Crippen MR) is 132 cm³/mol. The van der Waals surface area contributed by atoms with Gasteiger partial charge in [0.25, 0.3) is 0 Å². The number of nitrogen functional groups attached to an aromatic ring is 1. The predicted octanol–water partition coefficient (Wildman–Crippen LogP) is 4.32. The summed E-state index contributed by atoms with van der Waals surface area (Å²) in [4.78, 5) is 20.4. The van der Waals surface area contributed by atoms with Crippen molar-refractivity contribution >= 4 is 33.7 Å². The van der Waals surface area contributed by atoms with E-state index in [1.54, 1.807) is 0 Å². The highest BCUT2D eigenvalue weighted by Gasteiger charge is 2.16. The van der Waals surface area contributed by atoms with Gasteiger partial charge in [-0.15, -0.1) is 0 Å². The van der Waals surface area contributed by atoms with Gasteiger partial charge in [0.2, 0.25) is 0 Å². The second-order valence-corrected chi connectivity index (χ2v) is 8.42. The summed E-state index contributed by atoms with van der Waals surface area (Å²) < 4.78 is 2.32. The number of carboxylic acid groups (broad SMARTS) is 1. The molecule has 0 unspecified atom stereocenters. The summed E-state index contributed by atoms with van der Waals surface area (Å²) in [5, 5.41) is 13.6.